The number of fused-ring (bicyclic) bond motifs is 3. The molecule has 118 valence electrons. The lowest BCUT2D eigenvalue weighted by Crippen LogP contribution is -2.42. The number of hydrogen-bond donors (Lipinski definition) is 0. The van der Waals surface area contributed by atoms with Crippen LogP contribution in [0.4, 0.5) is 0 Å². The standard InChI is InChI=1S/C13H22N4O3S/c1-3-21(18,19)17-10-4-5-11(17)9-16-12(6-7-20-2)14-15-13(16)8-10/h10-11H,3-9H2,1-2H3/t10-,11+/m0/s1. The molecule has 1 aromatic rings. The molecule has 1 fully saturated rings. The van der Waals surface area contributed by atoms with Crippen molar-refractivity contribution in [3.63, 3.8) is 0 Å². The van der Waals surface area contributed by atoms with Gasteiger partial charge in [-0.15, -0.1) is 10.2 Å². The summed E-state index contributed by atoms with van der Waals surface area (Å²) < 4.78 is 33.7. The first-order valence-electron chi connectivity index (χ1n) is 7.48. The molecule has 2 aliphatic rings. The lowest BCUT2D eigenvalue weighted by molar-refractivity contribution is 0.199. The predicted octanol–water partition coefficient (Wildman–Crippen LogP) is 0.206. The molecule has 0 saturated carbocycles. The molecule has 2 aliphatic heterocycles. The van der Waals surface area contributed by atoms with Crippen LogP contribution in [0.25, 0.3) is 0 Å². The molecule has 0 aliphatic carbocycles. The van der Waals surface area contributed by atoms with Crippen molar-refractivity contribution < 1.29 is 13.2 Å². The molecule has 2 bridgehead atoms. The highest BCUT2D eigenvalue weighted by molar-refractivity contribution is 7.89. The molecule has 0 amide bonds. The molecule has 0 unspecified atom stereocenters. The molecule has 0 N–H and O–H groups in total. The van der Waals surface area contributed by atoms with E-state index in [-0.39, 0.29) is 17.8 Å². The number of aromatic nitrogens is 3. The molecule has 0 radical (unpaired) electrons. The molecule has 7 nitrogen and oxygen atoms in total. The quantitative estimate of drug-likeness (QED) is 0.776. The summed E-state index contributed by atoms with van der Waals surface area (Å²) in [5, 5.41) is 8.51. The van der Waals surface area contributed by atoms with Gasteiger partial charge in [-0.25, -0.2) is 8.42 Å². The van der Waals surface area contributed by atoms with Crippen molar-refractivity contribution in [2.24, 2.45) is 0 Å². The van der Waals surface area contributed by atoms with Crippen LogP contribution in [0.1, 0.15) is 31.4 Å². The van der Waals surface area contributed by atoms with Gasteiger partial charge in [0.2, 0.25) is 10.0 Å². The van der Waals surface area contributed by atoms with Crippen molar-refractivity contribution in [1.29, 1.82) is 0 Å². The van der Waals surface area contributed by atoms with Crippen LogP contribution in [0.15, 0.2) is 0 Å². The van der Waals surface area contributed by atoms with Gasteiger partial charge in [0.1, 0.15) is 11.6 Å². The number of hydrogen-bond acceptors (Lipinski definition) is 5. The van der Waals surface area contributed by atoms with E-state index in [1.54, 1.807) is 18.3 Å². The van der Waals surface area contributed by atoms with Gasteiger partial charge in [0.15, 0.2) is 0 Å². The molecule has 21 heavy (non-hydrogen) atoms. The summed E-state index contributed by atoms with van der Waals surface area (Å²) in [7, 11) is -1.49. The monoisotopic (exact) mass is 314 g/mol. The van der Waals surface area contributed by atoms with Gasteiger partial charge in [-0.05, 0) is 19.8 Å². The smallest absolute Gasteiger partial charge is 0.214 e. The van der Waals surface area contributed by atoms with Crippen LogP contribution in [0.5, 0.6) is 0 Å². The predicted molar refractivity (Wildman–Crippen MR) is 77.4 cm³/mol. The van der Waals surface area contributed by atoms with E-state index in [2.05, 4.69) is 14.8 Å². The molecule has 2 atom stereocenters. The minimum Gasteiger partial charge on any atom is -0.384 e. The zero-order valence-electron chi connectivity index (χ0n) is 12.5. The van der Waals surface area contributed by atoms with Crippen LogP contribution in [0.3, 0.4) is 0 Å². The van der Waals surface area contributed by atoms with Crippen molar-refractivity contribution in [2.75, 3.05) is 19.5 Å². The number of rotatable bonds is 5. The summed E-state index contributed by atoms with van der Waals surface area (Å²) in [6.45, 7) is 2.98. The number of ether oxygens (including phenoxy) is 1. The van der Waals surface area contributed by atoms with E-state index < -0.39 is 10.0 Å². The van der Waals surface area contributed by atoms with Crippen molar-refractivity contribution in [3.05, 3.63) is 11.6 Å². The molecular formula is C13H22N4O3S. The zero-order chi connectivity index (χ0) is 15.0. The van der Waals surface area contributed by atoms with Gasteiger partial charge < -0.3 is 9.30 Å². The van der Waals surface area contributed by atoms with Gasteiger partial charge in [-0.3, -0.25) is 0 Å². The molecule has 1 saturated heterocycles. The average Bonchev–Trinajstić information content (AvgIpc) is 2.97. The Morgan fingerprint density at radius 3 is 2.76 bits per heavy atom. The van der Waals surface area contributed by atoms with Crippen molar-refractivity contribution in [1.82, 2.24) is 19.1 Å². The van der Waals surface area contributed by atoms with E-state index >= 15 is 0 Å². The summed E-state index contributed by atoms with van der Waals surface area (Å²) in [6, 6.07) is 0.0826. The summed E-state index contributed by atoms with van der Waals surface area (Å²) >= 11 is 0. The summed E-state index contributed by atoms with van der Waals surface area (Å²) in [5.41, 5.74) is 0. The number of methoxy groups -OCH3 is 1. The molecule has 0 aromatic carbocycles. The lowest BCUT2D eigenvalue weighted by atomic mass is 10.1. The van der Waals surface area contributed by atoms with E-state index in [1.165, 1.54) is 0 Å². The van der Waals surface area contributed by atoms with E-state index in [0.29, 0.717) is 26.0 Å². The molecule has 3 heterocycles. The van der Waals surface area contributed by atoms with Crippen molar-refractivity contribution in [2.45, 2.75) is 51.2 Å². The first-order valence-corrected chi connectivity index (χ1v) is 9.08. The normalized spacial score (nSPS) is 25.8. The maximum Gasteiger partial charge on any atom is 0.214 e. The van der Waals surface area contributed by atoms with Gasteiger partial charge in [0.25, 0.3) is 0 Å². The van der Waals surface area contributed by atoms with E-state index in [4.69, 9.17) is 4.74 Å². The average molecular weight is 314 g/mol. The maximum atomic E-state index is 12.4. The molecule has 8 heteroatoms. The van der Waals surface area contributed by atoms with E-state index in [9.17, 15) is 8.42 Å². The maximum absolute atomic E-state index is 12.4. The summed E-state index contributed by atoms with van der Waals surface area (Å²) in [5.74, 6) is 1.97. The highest BCUT2D eigenvalue weighted by atomic mass is 32.2. The minimum atomic E-state index is -3.16. The first kappa shape index (κ1) is 14.9. The molecule has 1 aromatic heterocycles. The van der Waals surface area contributed by atoms with Gasteiger partial charge in [0, 0.05) is 38.6 Å². The zero-order valence-corrected chi connectivity index (χ0v) is 13.3. The van der Waals surface area contributed by atoms with E-state index in [0.717, 1.165) is 24.5 Å². The third-order valence-electron chi connectivity index (χ3n) is 4.48. The Hall–Kier alpha value is -0.990. The van der Waals surface area contributed by atoms with Crippen LogP contribution in [0.2, 0.25) is 0 Å². The second kappa shape index (κ2) is 5.66. The summed E-state index contributed by atoms with van der Waals surface area (Å²) in [6.07, 6.45) is 3.21. The van der Waals surface area contributed by atoms with Crippen LogP contribution >= 0.6 is 0 Å². The second-order valence-electron chi connectivity index (χ2n) is 5.71. The topological polar surface area (TPSA) is 77.3 Å². The largest absolute Gasteiger partial charge is 0.384 e. The highest BCUT2D eigenvalue weighted by Gasteiger charge is 2.43. The Kier molecular flexibility index (Phi) is 4.02. The Bertz CT molecular complexity index is 613. The van der Waals surface area contributed by atoms with Crippen LogP contribution in [-0.2, 0) is 34.1 Å². The number of nitrogens with zero attached hydrogens (tertiary/aromatic N) is 4. The summed E-state index contributed by atoms with van der Waals surface area (Å²) in [4.78, 5) is 0. The molecule has 0 spiro atoms. The van der Waals surface area contributed by atoms with Crippen molar-refractivity contribution in [3.8, 4) is 0 Å². The van der Waals surface area contributed by atoms with Gasteiger partial charge in [-0.1, -0.05) is 0 Å². The Labute approximate surface area is 125 Å². The van der Waals surface area contributed by atoms with Crippen molar-refractivity contribution >= 4 is 10.0 Å². The van der Waals surface area contributed by atoms with Crippen LogP contribution < -0.4 is 0 Å². The van der Waals surface area contributed by atoms with Gasteiger partial charge in [0.05, 0.1) is 12.4 Å². The SMILES string of the molecule is CCS(=O)(=O)N1[C@@H]2CC[C@H]1Cc1nnc(CCOC)n1C2. The highest BCUT2D eigenvalue weighted by Crippen LogP contribution is 2.33. The Morgan fingerprint density at radius 1 is 1.29 bits per heavy atom. The Balaban J connectivity index is 1.90. The van der Waals surface area contributed by atoms with Gasteiger partial charge in [-0.2, -0.15) is 4.31 Å². The fraction of sp³-hybridized carbons (Fsp3) is 0.846. The van der Waals surface area contributed by atoms with Gasteiger partial charge >= 0.3 is 0 Å². The molecular weight excluding hydrogens is 292 g/mol. The van der Waals surface area contributed by atoms with Crippen LogP contribution in [0, 0.1) is 0 Å². The lowest BCUT2D eigenvalue weighted by Gasteiger charge is -2.26. The Morgan fingerprint density at radius 2 is 2.05 bits per heavy atom. The minimum absolute atomic E-state index is 0.0403. The fourth-order valence-corrected chi connectivity index (χ4v) is 5.00. The first-order chi connectivity index (χ1) is 10.1. The van der Waals surface area contributed by atoms with E-state index in [1.807, 2.05) is 0 Å². The second-order valence-corrected chi connectivity index (χ2v) is 7.87. The fourth-order valence-electron chi connectivity index (χ4n) is 3.44. The molecule has 3 rings (SSSR count). The van der Waals surface area contributed by atoms with Crippen LogP contribution in [-0.4, -0.2) is 59.0 Å². The number of sulfonamides is 1. The third kappa shape index (κ3) is 2.60. The third-order valence-corrected chi connectivity index (χ3v) is 6.45.